The van der Waals surface area contributed by atoms with E-state index in [1.807, 2.05) is 12.3 Å². The van der Waals surface area contributed by atoms with Gasteiger partial charge in [-0.2, -0.15) is 0 Å². The van der Waals surface area contributed by atoms with E-state index in [1.54, 1.807) is 28.5 Å². The molecule has 1 aromatic heterocycles. The molecule has 0 saturated carbocycles. The second-order valence-corrected chi connectivity index (χ2v) is 7.22. The minimum absolute atomic E-state index is 0. The molecule has 0 bridgehead atoms. The van der Waals surface area contributed by atoms with Crippen LogP contribution in [0.15, 0.2) is 57.3 Å². The molecule has 28 heavy (non-hydrogen) atoms. The highest BCUT2D eigenvalue weighted by molar-refractivity contribution is 14.0. The molecular formula is C21H31IN4OS. The molecular weight excluding hydrogens is 483 g/mol. The first-order chi connectivity index (χ1) is 13.1. The van der Waals surface area contributed by atoms with Crippen molar-refractivity contribution in [1.82, 2.24) is 15.2 Å². The number of thioether (sulfide) groups is 1. The van der Waals surface area contributed by atoms with Crippen LogP contribution in [0.2, 0.25) is 0 Å². The Morgan fingerprint density at radius 3 is 2.71 bits per heavy atom. The van der Waals surface area contributed by atoms with E-state index in [0.717, 1.165) is 38.4 Å². The Kier molecular flexibility index (Phi) is 12.0. The maximum absolute atomic E-state index is 11.7. The van der Waals surface area contributed by atoms with Crippen LogP contribution >= 0.6 is 35.7 Å². The summed E-state index contributed by atoms with van der Waals surface area (Å²) in [5, 5.41) is 6.68. The lowest BCUT2D eigenvalue weighted by molar-refractivity contribution is 0.585. The molecule has 0 unspecified atom stereocenters. The Hall–Kier alpha value is -1.48. The third-order valence-electron chi connectivity index (χ3n) is 4.21. The number of halogens is 1. The molecule has 0 spiro atoms. The van der Waals surface area contributed by atoms with Crippen molar-refractivity contribution < 1.29 is 0 Å². The highest BCUT2D eigenvalue weighted by Gasteiger charge is 2.03. The topological polar surface area (TPSA) is 58.4 Å². The van der Waals surface area contributed by atoms with Crippen LogP contribution < -0.4 is 16.2 Å². The van der Waals surface area contributed by atoms with Crippen molar-refractivity contribution in [2.24, 2.45) is 4.99 Å². The highest BCUT2D eigenvalue weighted by atomic mass is 127. The van der Waals surface area contributed by atoms with Gasteiger partial charge in [0.15, 0.2) is 5.96 Å². The van der Waals surface area contributed by atoms with Crippen molar-refractivity contribution in [3.63, 3.8) is 0 Å². The molecule has 2 rings (SSSR count). The van der Waals surface area contributed by atoms with Gasteiger partial charge in [0, 0.05) is 36.8 Å². The predicted molar refractivity (Wildman–Crippen MR) is 131 cm³/mol. The number of hydrogen-bond donors (Lipinski definition) is 2. The summed E-state index contributed by atoms with van der Waals surface area (Å²) in [5.74, 6) is 0.835. The van der Waals surface area contributed by atoms with E-state index in [1.165, 1.54) is 16.0 Å². The molecule has 1 heterocycles. The zero-order valence-electron chi connectivity index (χ0n) is 16.9. The lowest BCUT2D eigenvalue weighted by Crippen LogP contribution is -2.37. The third-order valence-corrected chi connectivity index (χ3v) is 5.03. The van der Waals surface area contributed by atoms with Crippen LogP contribution in [0.5, 0.6) is 0 Å². The fourth-order valence-electron chi connectivity index (χ4n) is 2.75. The summed E-state index contributed by atoms with van der Waals surface area (Å²) in [6.07, 6.45) is 5.87. The smallest absolute Gasteiger partial charge is 0.250 e. The number of hydrogen-bond acceptors (Lipinski definition) is 3. The van der Waals surface area contributed by atoms with E-state index in [-0.39, 0.29) is 29.5 Å². The van der Waals surface area contributed by atoms with Crippen LogP contribution in [0.1, 0.15) is 30.9 Å². The minimum Gasteiger partial charge on any atom is -0.357 e. The van der Waals surface area contributed by atoms with E-state index >= 15 is 0 Å². The molecule has 0 fully saturated rings. The van der Waals surface area contributed by atoms with Crippen molar-refractivity contribution in [3.8, 4) is 0 Å². The van der Waals surface area contributed by atoms with Gasteiger partial charge in [-0.3, -0.25) is 4.79 Å². The van der Waals surface area contributed by atoms with Crippen molar-refractivity contribution in [2.75, 3.05) is 19.3 Å². The number of pyridine rings is 1. The molecule has 7 heteroatoms. The molecule has 2 aromatic rings. The quantitative estimate of drug-likeness (QED) is 0.175. The van der Waals surface area contributed by atoms with Crippen molar-refractivity contribution in [1.29, 1.82) is 0 Å². The van der Waals surface area contributed by atoms with E-state index in [2.05, 4.69) is 48.9 Å². The number of unbranched alkanes of at least 4 members (excludes halogenated alkanes) is 1. The van der Waals surface area contributed by atoms with E-state index in [0.29, 0.717) is 6.54 Å². The first-order valence-electron chi connectivity index (χ1n) is 9.45. The summed E-state index contributed by atoms with van der Waals surface area (Å²) >= 11 is 1.76. The van der Waals surface area contributed by atoms with Crippen LogP contribution in [0, 0.1) is 6.92 Å². The number of aliphatic imine (C=N–C) groups is 1. The van der Waals surface area contributed by atoms with E-state index in [9.17, 15) is 4.79 Å². The fraction of sp³-hybridized carbons (Fsp3) is 0.429. The maximum atomic E-state index is 11.7. The van der Waals surface area contributed by atoms with Crippen LogP contribution in [0.3, 0.4) is 0 Å². The lowest BCUT2D eigenvalue weighted by Gasteiger charge is -2.12. The molecule has 0 aliphatic carbocycles. The van der Waals surface area contributed by atoms with Gasteiger partial charge >= 0.3 is 0 Å². The van der Waals surface area contributed by atoms with Crippen LogP contribution in [-0.4, -0.2) is 29.9 Å². The average Bonchev–Trinajstić information content (AvgIpc) is 2.67. The van der Waals surface area contributed by atoms with Gasteiger partial charge in [0.2, 0.25) is 5.56 Å². The van der Waals surface area contributed by atoms with Crippen molar-refractivity contribution >= 4 is 41.7 Å². The van der Waals surface area contributed by atoms with Crippen LogP contribution in [-0.2, 0) is 13.1 Å². The van der Waals surface area contributed by atoms with Crippen molar-refractivity contribution in [3.05, 3.63) is 64.1 Å². The van der Waals surface area contributed by atoms with Gasteiger partial charge in [-0.25, -0.2) is 4.99 Å². The standard InChI is InChI=1S/C21H30N4OS.HI/c1-4-22-21(24-16-18-11-10-17(2)15-19(18)27-3)23-12-6-8-14-25-13-7-5-9-20(25)26;/h5,7,9-11,13,15H,4,6,8,12,14,16H2,1-3H3,(H2,22,23,24);1H. The molecule has 5 nitrogen and oxygen atoms in total. The third kappa shape index (κ3) is 8.26. The van der Waals surface area contributed by atoms with Gasteiger partial charge in [0.25, 0.3) is 0 Å². The molecule has 0 aliphatic rings. The number of benzene rings is 1. The van der Waals surface area contributed by atoms with Crippen molar-refractivity contribution in [2.45, 2.75) is 44.7 Å². The van der Waals surface area contributed by atoms with Gasteiger partial charge in [-0.1, -0.05) is 18.2 Å². The summed E-state index contributed by atoms with van der Waals surface area (Å²) in [5.41, 5.74) is 2.58. The van der Waals surface area contributed by atoms with E-state index < -0.39 is 0 Å². The Balaban J connectivity index is 0.00000392. The highest BCUT2D eigenvalue weighted by Crippen LogP contribution is 2.22. The molecule has 0 aliphatic heterocycles. The van der Waals surface area contributed by atoms with Crippen LogP contribution in [0.25, 0.3) is 0 Å². The number of nitrogens with one attached hydrogen (secondary N) is 2. The number of aryl methyl sites for hydroxylation is 2. The number of aromatic nitrogens is 1. The maximum Gasteiger partial charge on any atom is 0.250 e. The minimum atomic E-state index is 0. The van der Waals surface area contributed by atoms with Gasteiger partial charge in [0.1, 0.15) is 0 Å². The predicted octanol–water partition coefficient (Wildman–Crippen LogP) is 4.03. The molecule has 154 valence electrons. The second-order valence-electron chi connectivity index (χ2n) is 6.38. The molecule has 0 radical (unpaired) electrons. The molecule has 0 amide bonds. The van der Waals surface area contributed by atoms with Gasteiger partial charge in [0.05, 0.1) is 6.54 Å². The monoisotopic (exact) mass is 514 g/mol. The first-order valence-corrected chi connectivity index (χ1v) is 10.7. The Morgan fingerprint density at radius 1 is 1.18 bits per heavy atom. The average molecular weight is 514 g/mol. The summed E-state index contributed by atoms with van der Waals surface area (Å²) in [4.78, 5) is 17.7. The van der Waals surface area contributed by atoms with E-state index in [4.69, 9.17) is 4.99 Å². The summed E-state index contributed by atoms with van der Waals surface area (Å²) < 4.78 is 1.75. The summed E-state index contributed by atoms with van der Waals surface area (Å²) in [7, 11) is 0. The van der Waals surface area contributed by atoms with Gasteiger partial charge < -0.3 is 15.2 Å². The fourth-order valence-corrected chi connectivity index (χ4v) is 3.45. The molecule has 2 N–H and O–H groups in total. The first kappa shape index (κ1) is 24.6. The van der Waals surface area contributed by atoms with Gasteiger partial charge in [-0.15, -0.1) is 35.7 Å². The Morgan fingerprint density at radius 2 is 2.00 bits per heavy atom. The Labute approximate surface area is 189 Å². The number of guanidine groups is 1. The number of nitrogens with zero attached hydrogens (tertiary/aromatic N) is 2. The van der Waals surface area contributed by atoms with Crippen LogP contribution in [0.4, 0.5) is 0 Å². The lowest BCUT2D eigenvalue weighted by atomic mass is 10.1. The largest absolute Gasteiger partial charge is 0.357 e. The second kappa shape index (κ2) is 13.7. The SMILES string of the molecule is CCNC(=NCc1ccc(C)cc1SC)NCCCCn1ccccc1=O.I. The summed E-state index contributed by atoms with van der Waals surface area (Å²) in [6.45, 7) is 7.24. The zero-order valence-corrected chi connectivity index (χ0v) is 20.1. The molecule has 0 atom stereocenters. The summed E-state index contributed by atoms with van der Waals surface area (Å²) in [6, 6.07) is 11.8. The Bertz CT molecular complexity index is 807. The molecule has 0 saturated heterocycles. The zero-order chi connectivity index (χ0) is 19.5. The van der Waals surface area contributed by atoms with Gasteiger partial charge in [-0.05, 0) is 56.2 Å². The normalized spacial score (nSPS) is 11.0. The molecule has 1 aromatic carbocycles. The number of rotatable bonds is 9.